The molecule has 0 amide bonds. The average molecular weight is 223 g/mol. The molecule has 2 atom stereocenters. The second-order valence-electron chi connectivity index (χ2n) is 4.33. The normalized spacial score (nSPS) is 14.5. The third-order valence-electron chi connectivity index (χ3n) is 2.69. The number of aliphatic hydroxyl groups excluding tert-OH is 2. The van der Waals surface area contributed by atoms with E-state index < -0.39 is 6.10 Å². The molecule has 90 valence electrons. The fraction of sp³-hybridized carbons (Fsp3) is 0.538. The first kappa shape index (κ1) is 13.0. The summed E-state index contributed by atoms with van der Waals surface area (Å²) < 4.78 is 0. The lowest BCUT2D eigenvalue weighted by Crippen LogP contribution is -2.19. The van der Waals surface area contributed by atoms with Crippen molar-refractivity contribution in [3.63, 3.8) is 0 Å². The van der Waals surface area contributed by atoms with Gasteiger partial charge in [-0.25, -0.2) is 0 Å². The third kappa shape index (κ3) is 3.83. The van der Waals surface area contributed by atoms with Crippen LogP contribution in [0, 0.1) is 0 Å². The number of aromatic nitrogens is 1. The lowest BCUT2D eigenvalue weighted by molar-refractivity contribution is 0.126. The van der Waals surface area contributed by atoms with E-state index in [4.69, 9.17) is 5.11 Å². The molecule has 16 heavy (non-hydrogen) atoms. The molecule has 0 saturated carbocycles. The van der Waals surface area contributed by atoms with Crippen molar-refractivity contribution in [3.05, 3.63) is 35.7 Å². The van der Waals surface area contributed by atoms with E-state index in [-0.39, 0.29) is 12.5 Å². The zero-order chi connectivity index (χ0) is 12.0. The van der Waals surface area contributed by atoms with Gasteiger partial charge >= 0.3 is 0 Å². The van der Waals surface area contributed by atoms with Gasteiger partial charge in [0.25, 0.3) is 0 Å². The molecule has 1 aromatic rings. The maximum Gasteiger partial charge on any atom is 0.0658 e. The van der Waals surface area contributed by atoms with E-state index in [1.807, 2.05) is 38.3 Å². The smallest absolute Gasteiger partial charge is 0.0658 e. The molecule has 0 aliphatic carbocycles. The first-order valence-corrected chi connectivity index (χ1v) is 5.70. The molecule has 3 N–H and O–H groups in total. The van der Waals surface area contributed by atoms with Crippen molar-refractivity contribution in [2.24, 2.45) is 0 Å². The average Bonchev–Trinajstić information content (AvgIpc) is 2.75. The Balaban J connectivity index is 2.66. The van der Waals surface area contributed by atoms with Gasteiger partial charge < -0.3 is 15.2 Å². The number of H-pyrrole nitrogens is 1. The van der Waals surface area contributed by atoms with Gasteiger partial charge in [-0.15, -0.1) is 0 Å². The van der Waals surface area contributed by atoms with E-state index >= 15 is 0 Å². The molecular weight excluding hydrogens is 202 g/mol. The molecule has 0 fully saturated rings. The van der Waals surface area contributed by atoms with Crippen LogP contribution in [0.4, 0.5) is 0 Å². The van der Waals surface area contributed by atoms with Crippen LogP contribution in [-0.2, 0) is 0 Å². The first-order chi connectivity index (χ1) is 7.65. The molecule has 3 heteroatoms. The highest BCUT2D eigenvalue weighted by Crippen LogP contribution is 2.24. The lowest BCUT2D eigenvalue weighted by atomic mass is 9.93. The number of hydrogen-bond acceptors (Lipinski definition) is 2. The highest BCUT2D eigenvalue weighted by Gasteiger charge is 2.20. The van der Waals surface area contributed by atoms with Gasteiger partial charge in [-0.05, 0) is 38.8 Å². The largest absolute Gasteiger partial charge is 0.396 e. The summed E-state index contributed by atoms with van der Waals surface area (Å²) in [6.45, 7) is 4.13. The number of hydrogen-bond donors (Lipinski definition) is 3. The van der Waals surface area contributed by atoms with Crippen LogP contribution in [-0.4, -0.2) is 27.9 Å². The van der Waals surface area contributed by atoms with Crippen molar-refractivity contribution in [2.75, 3.05) is 6.61 Å². The highest BCUT2D eigenvalue weighted by atomic mass is 16.3. The van der Waals surface area contributed by atoms with E-state index in [1.54, 1.807) is 0 Å². The quantitative estimate of drug-likeness (QED) is 0.647. The molecule has 0 bridgehead atoms. The molecule has 1 rings (SSSR count). The van der Waals surface area contributed by atoms with E-state index in [2.05, 4.69) is 4.98 Å². The van der Waals surface area contributed by atoms with Gasteiger partial charge in [0.2, 0.25) is 0 Å². The van der Waals surface area contributed by atoms with Gasteiger partial charge in [-0.2, -0.15) is 0 Å². The van der Waals surface area contributed by atoms with E-state index in [9.17, 15) is 5.11 Å². The SMILES string of the molecule is CC(C)=CCC(O)C(CCO)c1ccc[nH]1. The molecule has 0 aliphatic rings. The fourth-order valence-electron chi connectivity index (χ4n) is 1.79. The minimum Gasteiger partial charge on any atom is -0.396 e. The summed E-state index contributed by atoms with van der Waals surface area (Å²) in [4.78, 5) is 3.10. The van der Waals surface area contributed by atoms with Crippen molar-refractivity contribution in [1.29, 1.82) is 0 Å². The summed E-state index contributed by atoms with van der Waals surface area (Å²) in [5.74, 6) is -0.0180. The van der Waals surface area contributed by atoms with E-state index in [0.717, 1.165) is 5.69 Å². The Morgan fingerprint density at radius 3 is 2.75 bits per heavy atom. The maximum atomic E-state index is 10.1. The second kappa shape index (κ2) is 6.51. The van der Waals surface area contributed by atoms with Gasteiger partial charge in [0.05, 0.1) is 6.10 Å². The molecule has 0 aliphatic heterocycles. The molecule has 0 spiro atoms. The van der Waals surface area contributed by atoms with Crippen LogP contribution in [0.15, 0.2) is 30.0 Å². The van der Waals surface area contributed by atoms with Crippen molar-refractivity contribution in [2.45, 2.75) is 38.7 Å². The van der Waals surface area contributed by atoms with Crippen molar-refractivity contribution >= 4 is 0 Å². The Morgan fingerprint density at radius 2 is 2.25 bits per heavy atom. The molecule has 1 heterocycles. The van der Waals surface area contributed by atoms with Crippen LogP contribution < -0.4 is 0 Å². The molecular formula is C13H21NO2. The topological polar surface area (TPSA) is 56.2 Å². The van der Waals surface area contributed by atoms with Crippen LogP contribution >= 0.6 is 0 Å². The van der Waals surface area contributed by atoms with Gasteiger partial charge in [0.15, 0.2) is 0 Å². The maximum absolute atomic E-state index is 10.1. The Morgan fingerprint density at radius 1 is 1.50 bits per heavy atom. The zero-order valence-electron chi connectivity index (χ0n) is 9.98. The van der Waals surface area contributed by atoms with E-state index in [1.165, 1.54) is 5.57 Å². The minimum atomic E-state index is -0.444. The summed E-state index contributed by atoms with van der Waals surface area (Å²) in [6.07, 6.45) is 4.64. The predicted molar refractivity (Wildman–Crippen MR) is 65.3 cm³/mol. The van der Waals surface area contributed by atoms with Crippen LogP contribution in [0.3, 0.4) is 0 Å². The number of nitrogens with one attached hydrogen (secondary N) is 1. The van der Waals surface area contributed by atoms with Gasteiger partial charge in [-0.3, -0.25) is 0 Å². The molecule has 2 unspecified atom stereocenters. The highest BCUT2D eigenvalue weighted by molar-refractivity contribution is 5.12. The zero-order valence-corrected chi connectivity index (χ0v) is 9.98. The fourth-order valence-corrected chi connectivity index (χ4v) is 1.79. The monoisotopic (exact) mass is 223 g/mol. The Bertz CT molecular complexity index is 313. The lowest BCUT2D eigenvalue weighted by Gasteiger charge is -2.20. The third-order valence-corrected chi connectivity index (χ3v) is 2.69. The Labute approximate surface area is 96.8 Å². The van der Waals surface area contributed by atoms with Gasteiger partial charge in [0.1, 0.15) is 0 Å². The Hall–Kier alpha value is -1.06. The molecule has 1 aromatic heterocycles. The first-order valence-electron chi connectivity index (χ1n) is 5.70. The van der Waals surface area contributed by atoms with Crippen LogP contribution in [0.1, 0.15) is 38.3 Å². The number of aromatic amines is 1. The predicted octanol–water partition coefficient (Wildman–Crippen LogP) is 2.20. The summed E-state index contributed by atoms with van der Waals surface area (Å²) in [5.41, 5.74) is 2.19. The number of allylic oxidation sites excluding steroid dienone is 1. The molecule has 0 saturated heterocycles. The summed E-state index contributed by atoms with van der Waals surface area (Å²) in [7, 11) is 0. The summed E-state index contributed by atoms with van der Waals surface area (Å²) in [5, 5.41) is 19.1. The Kier molecular flexibility index (Phi) is 5.29. The molecule has 0 aromatic carbocycles. The standard InChI is InChI=1S/C13H21NO2/c1-10(2)5-6-13(16)11(7-9-15)12-4-3-8-14-12/h3-5,8,11,13-16H,6-7,9H2,1-2H3. The van der Waals surface area contributed by atoms with E-state index in [0.29, 0.717) is 12.8 Å². The molecule has 0 radical (unpaired) electrons. The van der Waals surface area contributed by atoms with Crippen molar-refractivity contribution in [3.8, 4) is 0 Å². The second-order valence-corrected chi connectivity index (χ2v) is 4.33. The molecule has 3 nitrogen and oxygen atoms in total. The van der Waals surface area contributed by atoms with Crippen molar-refractivity contribution in [1.82, 2.24) is 4.98 Å². The number of aliphatic hydroxyl groups is 2. The van der Waals surface area contributed by atoms with Crippen molar-refractivity contribution < 1.29 is 10.2 Å². The summed E-state index contributed by atoms with van der Waals surface area (Å²) in [6, 6.07) is 3.86. The van der Waals surface area contributed by atoms with Crippen LogP contribution in [0.2, 0.25) is 0 Å². The van der Waals surface area contributed by atoms with Crippen LogP contribution in [0.5, 0.6) is 0 Å². The number of rotatable bonds is 6. The summed E-state index contributed by atoms with van der Waals surface area (Å²) >= 11 is 0. The van der Waals surface area contributed by atoms with Gasteiger partial charge in [0, 0.05) is 24.4 Å². The minimum absolute atomic E-state index is 0.0180. The van der Waals surface area contributed by atoms with Gasteiger partial charge in [-0.1, -0.05) is 11.6 Å². The van der Waals surface area contributed by atoms with Crippen LogP contribution in [0.25, 0.3) is 0 Å².